The maximum absolute atomic E-state index is 14.0. The third-order valence-electron chi connectivity index (χ3n) is 6.86. The number of amides is 1. The number of nitriles is 1. The number of quaternary nitrogens is 1. The molecule has 0 spiro atoms. The summed E-state index contributed by atoms with van der Waals surface area (Å²) in [7, 11) is 5.36. The van der Waals surface area contributed by atoms with Crippen LogP contribution in [-0.2, 0) is 19.8 Å². The summed E-state index contributed by atoms with van der Waals surface area (Å²) < 4.78 is 50.3. The Morgan fingerprint density at radius 3 is 2.52 bits per heavy atom. The second-order valence-corrected chi connectivity index (χ2v) is 10.4. The molecule has 5 rings (SSSR count). The number of carbonyl (C=O) groups is 1. The van der Waals surface area contributed by atoms with Crippen molar-refractivity contribution in [2.24, 2.45) is 7.05 Å². The van der Waals surface area contributed by atoms with E-state index in [-0.39, 0.29) is 22.8 Å². The van der Waals surface area contributed by atoms with Gasteiger partial charge in [-0.15, -0.1) is 0 Å². The van der Waals surface area contributed by atoms with E-state index in [9.17, 15) is 28.0 Å². The molecule has 2 N–H and O–H groups in total. The standard InChI is InChI=1S/C30H27F3N8O3/c1-18(28-35-16-23(44-28)17-38(2)3)37-27(42)25-26(24-12-13-36-40(24)21-10-8-19(15-34)9-11-21)39(4)41(29(25)43)22-7-5-6-20(14-22)30(31,32)33/h5-14,16,18H,17H2,1-4H3,(H,37,42)/p+1/t18-/m0/s1. The maximum Gasteiger partial charge on any atom is 0.416 e. The molecule has 3 aromatic heterocycles. The van der Waals surface area contributed by atoms with E-state index in [1.807, 2.05) is 20.2 Å². The Morgan fingerprint density at radius 2 is 1.86 bits per heavy atom. The molecule has 0 saturated carbocycles. The average molecular weight is 606 g/mol. The molecule has 11 nitrogen and oxygen atoms in total. The van der Waals surface area contributed by atoms with Gasteiger partial charge in [0.1, 0.15) is 23.8 Å². The number of oxazole rings is 1. The number of aromatic nitrogens is 5. The fraction of sp³-hybridized carbons (Fsp3) is 0.233. The van der Waals surface area contributed by atoms with E-state index in [0.29, 0.717) is 29.2 Å². The smallest absolute Gasteiger partial charge is 0.416 e. The SMILES string of the molecule is C[C@H](NC(=O)c1c(-c2ccnn2-c2ccc(C#N)cc2)n(C)n(-c2cccc(C(F)(F)F)c2)c1=O)c1ncc(C[NH+](C)C)o1. The van der Waals surface area contributed by atoms with Crippen molar-refractivity contribution in [3.63, 3.8) is 0 Å². The lowest BCUT2D eigenvalue weighted by atomic mass is 10.1. The van der Waals surface area contributed by atoms with Gasteiger partial charge in [0.15, 0.2) is 5.76 Å². The summed E-state index contributed by atoms with van der Waals surface area (Å²) in [5.41, 5.74) is -0.854. The molecular formula is C30H28F3N8O3+. The number of hydrogen-bond donors (Lipinski definition) is 2. The van der Waals surface area contributed by atoms with Crippen LogP contribution < -0.4 is 15.8 Å². The van der Waals surface area contributed by atoms with Crippen LogP contribution in [0.1, 0.15) is 46.1 Å². The summed E-state index contributed by atoms with van der Waals surface area (Å²) in [5, 5.41) is 16.3. The van der Waals surface area contributed by atoms with Gasteiger partial charge in [0.25, 0.3) is 11.5 Å². The van der Waals surface area contributed by atoms with Crippen molar-refractivity contribution in [3.8, 4) is 28.8 Å². The van der Waals surface area contributed by atoms with Crippen molar-refractivity contribution >= 4 is 5.91 Å². The van der Waals surface area contributed by atoms with Crippen LogP contribution in [0.3, 0.4) is 0 Å². The van der Waals surface area contributed by atoms with E-state index in [2.05, 4.69) is 15.4 Å². The zero-order valence-electron chi connectivity index (χ0n) is 24.2. The number of nitrogens with zero attached hydrogens (tertiary/aromatic N) is 6. The Balaban J connectivity index is 1.65. The van der Waals surface area contributed by atoms with Crippen molar-refractivity contribution in [2.75, 3.05) is 14.1 Å². The zero-order chi connectivity index (χ0) is 31.8. The highest BCUT2D eigenvalue weighted by Crippen LogP contribution is 2.31. The van der Waals surface area contributed by atoms with E-state index in [0.717, 1.165) is 21.7 Å². The van der Waals surface area contributed by atoms with Crippen LogP contribution in [0.4, 0.5) is 13.2 Å². The number of rotatable bonds is 8. The first-order valence-corrected chi connectivity index (χ1v) is 13.5. The van der Waals surface area contributed by atoms with Gasteiger partial charge < -0.3 is 14.6 Å². The Labute approximate surface area is 249 Å². The first kappa shape index (κ1) is 30.1. The van der Waals surface area contributed by atoms with E-state index in [1.165, 1.54) is 34.7 Å². The first-order valence-electron chi connectivity index (χ1n) is 13.5. The Morgan fingerprint density at radius 1 is 1.14 bits per heavy atom. The van der Waals surface area contributed by atoms with Crippen molar-refractivity contribution < 1.29 is 27.3 Å². The van der Waals surface area contributed by atoms with Crippen LogP contribution in [0.25, 0.3) is 22.8 Å². The van der Waals surface area contributed by atoms with E-state index < -0.39 is 29.2 Å². The molecule has 0 aliphatic heterocycles. The monoisotopic (exact) mass is 605 g/mol. The van der Waals surface area contributed by atoms with Gasteiger partial charge >= 0.3 is 6.18 Å². The van der Waals surface area contributed by atoms with Crippen LogP contribution in [0.15, 0.2) is 76.2 Å². The van der Waals surface area contributed by atoms with Crippen molar-refractivity contribution in [1.29, 1.82) is 5.26 Å². The van der Waals surface area contributed by atoms with Gasteiger partial charge in [-0.05, 0) is 55.5 Å². The Bertz CT molecular complexity index is 1920. The number of nitrogens with one attached hydrogen (secondary N) is 2. The van der Waals surface area contributed by atoms with E-state index in [4.69, 9.17) is 4.42 Å². The third-order valence-corrected chi connectivity index (χ3v) is 6.86. The summed E-state index contributed by atoms with van der Waals surface area (Å²) >= 11 is 0. The first-order chi connectivity index (χ1) is 20.9. The molecule has 0 aliphatic carbocycles. The van der Waals surface area contributed by atoms with Gasteiger partial charge in [0.05, 0.1) is 60.8 Å². The van der Waals surface area contributed by atoms with Crippen LogP contribution in [0, 0.1) is 11.3 Å². The van der Waals surface area contributed by atoms with Gasteiger partial charge in [-0.3, -0.25) is 14.3 Å². The molecule has 1 atom stereocenters. The zero-order valence-corrected chi connectivity index (χ0v) is 24.2. The van der Waals surface area contributed by atoms with E-state index >= 15 is 0 Å². The lowest BCUT2D eigenvalue weighted by Crippen LogP contribution is -3.04. The molecule has 226 valence electrons. The minimum absolute atomic E-state index is 0.0892. The van der Waals surface area contributed by atoms with Crippen molar-refractivity contribution in [3.05, 3.63) is 106 Å². The number of carbonyl (C=O) groups excluding carboxylic acids is 1. The molecule has 1 amide bonds. The van der Waals surface area contributed by atoms with Crippen LogP contribution >= 0.6 is 0 Å². The predicted molar refractivity (Wildman–Crippen MR) is 152 cm³/mol. The molecule has 0 radical (unpaired) electrons. The highest BCUT2D eigenvalue weighted by molar-refractivity contribution is 6.00. The molecule has 0 fully saturated rings. The van der Waals surface area contributed by atoms with Gasteiger partial charge in [0.2, 0.25) is 5.89 Å². The van der Waals surface area contributed by atoms with Crippen LogP contribution in [-0.4, -0.2) is 44.1 Å². The molecule has 2 aromatic carbocycles. The predicted octanol–water partition coefficient (Wildman–Crippen LogP) is 3.04. The fourth-order valence-electron chi connectivity index (χ4n) is 4.86. The lowest BCUT2D eigenvalue weighted by molar-refractivity contribution is -0.873. The van der Waals surface area contributed by atoms with Gasteiger partial charge in [0, 0.05) is 7.05 Å². The van der Waals surface area contributed by atoms with Crippen LogP contribution in [0.2, 0.25) is 0 Å². The molecule has 0 aliphatic rings. The summed E-state index contributed by atoms with van der Waals surface area (Å²) in [6, 6.07) is 13.6. The number of alkyl halides is 3. The minimum Gasteiger partial charge on any atom is -0.437 e. The van der Waals surface area contributed by atoms with Gasteiger partial charge in [-0.2, -0.15) is 23.5 Å². The summed E-state index contributed by atoms with van der Waals surface area (Å²) in [5.74, 6) is 0.0528. The quantitative estimate of drug-likeness (QED) is 0.280. The van der Waals surface area contributed by atoms with Crippen molar-refractivity contribution in [1.82, 2.24) is 29.4 Å². The Hall–Kier alpha value is -5.42. The molecule has 0 saturated heterocycles. The maximum atomic E-state index is 14.0. The Kier molecular flexibility index (Phi) is 7.99. The summed E-state index contributed by atoms with van der Waals surface area (Å²) in [6.45, 7) is 2.21. The highest BCUT2D eigenvalue weighted by Gasteiger charge is 2.33. The summed E-state index contributed by atoms with van der Waals surface area (Å²) in [4.78, 5) is 33.2. The molecule has 3 heterocycles. The second-order valence-electron chi connectivity index (χ2n) is 10.4. The fourth-order valence-corrected chi connectivity index (χ4v) is 4.86. The topological polar surface area (TPSA) is 128 Å². The molecular weight excluding hydrogens is 577 g/mol. The summed E-state index contributed by atoms with van der Waals surface area (Å²) in [6.07, 6.45) is -1.62. The van der Waals surface area contributed by atoms with Crippen molar-refractivity contribution in [2.45, 2.75) is 25.7 Å². The van der Waals surface area contributed by atoms with Crippen LogP contribution in [0.5, 0.6) is 0 Å². The van der Waals surface area contributed by atoms with E-state index in [1.54, 1.807) is 43.5 Å². The molecule has 0 bridgehead atoms. The lowest BCUT2D eigenvalue weighted by Gasteiger charge is -2.14. The second kappa shape index (κ2) is 11.7. The number of benzene rings is 2. The molecule has 44 heavy (non-hydrogen) atoms. The normalized spacial score (nSPS) is 12.3. The third kappa shape index (κ3) is 5.77. The molecule has 14 heteroatoms. The molecule has 0 unspecified atom stereocenters. The van der Waals surface area contributed by atoms with Gasteiger partial charge in [-0.1, -0.05) is 6.07 Å². The van der Waals surface area contributed by atoms with Gasteiger partial charge in [-0.25, -0.2) is 14.3 Å². The average Bonchev–Trinajstić information content (AvgIpc) is 3.70. The number of hydrogen-bond acceptors (Lipinski definition) is 6. The molecule has 5 aromatic rings. The largest absolute Gasteiger partial charge is 0.437 e. The highest BCUT2D eigenvalue weighted by atomic mass is 19.4. The number of halogens is 3. The minimum atomic E-state index is -4.65.